The predicted molar refractivity (Wildman–Crippen MR) is 118 cm³/mol. The monoisotopic (exact) mass is 429 g/mol. The van der Waals surface area contributed by atoms with Crippen LogP contribution in [-0.2, 0) is 24.3 Å². The smallest absolute Gasteiger partial charge is 0.261 e. The minimum Gasteiger partial charge on any atom is -0.309 e. The van der Waals surface area contributed by atoms with E-state index in [1.165, 1.54) is 5.56 Å². The molecule has 3 heterocycles. The molecule has 0 bridgehead atoms. The van der Waals surface area contributed by atoms with Crippen molar-refractivity contribution in [1.82, 2.24) is 20.0 Å². The fourth-order valence-electron chi connectivity index (χ4n) is 4.30. The largest absolute Gasteiger partial charge is 0.309 e. The number of carbonyl (C=O) groups excluding carboxylic acids is 3. The number of anilines is 1. The van der Waals surface area contributed by atoms with Gasteiger partial charge in [-0.05, 0) is 24.1 Å². The molecule has 2 aromatic carbocycles. The summed E-state index contributed by atoms with van der Waals surface area (Å²) in [5.74, 6) is -0.447. The lowest BCUT2D eigenvalue weighted by molar-refractivity contribution is -0.116. The van der Waals surface area contributed by atoms with Crippen molar-refractivity contribution in [2.45, 2.75) is 25.9 Å². The number of benzene rings is 2. The molecule has 0 saturated heterocycles. The van der Waals surface area contributed by atoms with Gasteiger partial charge in [-0.15, -0.1) is 0 Å². The molecule has 162 valence electrons. The number of hydrogen-bond donors (Lipinski definition) is 2. The zero-order chi connectivity index (χ0) is 22.1. The van der Waals surface area contributed by atoms with Gasteiger partial charge in [-0.3, -0.25) is 29.3 Å². The highest BCUT2D eigenvalue weighted by Crippen LogP contribution is 2.25. The molecule has 0 atom stereocenters. The first-order valence-corrected chi connectivity index (χ1v) is 10.7. The summed E-state index contributed by atoms with van der Waals surface area (Å²) in [4.78, 5) is 40.9. The Morgan fingerprint density at radius 3 is 2.41 bits per heavy atom. The minimum absolute atomic E-state index is 0.0211. The zero-order valence-corrected chi connectivity index (χ0v) is 17.5. The minimum atomic E-state index is -0.353. The Morgan fingerprint density at radius 1 is 1.00 bits per heavy atom. The molecule has 0 radical (unpaired) electrons. The fourth-order valence-corrected chi connectivity index (χ4v) is 4.30. The molecule has 3 aromatic rings. The summed E-state index contributed by atoms with van der Waals surface area (Å²) in [6, 6.07) is 17.0. The molecule has 0 spiro atoms. The third kappa shape index (κ3) is 3.80. The third-order valence-electron chi connectivity index (χ3n) is 5.96. The lowest BCUT2D eigenvalue weighted by atomic mass is 10.1. The summed E-state index contributed by atoms with van der Waals surface area (Å²) in [7, 11) is 0. The van der Waals surface area contributed by atoms with Crippen LogP contribution in [0, 0.1) is 0 Å². The molecule has 8 heteroatoms. The molecule has 0 saturated carbocycles. The lowest BCUT2D eigenvalue weighted by Crippen LogP contribution is -2.33. The van der Waals surface area contributed by atoms with Gasteiger partial charge in [-0.1, -0.05) is 42.5 Å². The fraction of sp³-hybridized carbons (Fsp3) is 0.250. The van der Waals surface area contributed by atoms with Gasteiger partial charge in [0.2, 0.25) is 5.91 Å². The maximum Gasteiger partial charge on any atom is 0.261 e. The van der Waals surface area contributed by atoms with Crippen LogP contribution in [0.1, 0.15) is 44.0 Å². The number of imide groups is 1. The van der Waals surface area contributed by atoms with E-state index >= 15 is 0 Å². The Labute approximate surface area is 185 Å². The third-order valence-corrected chi connectivity index (χ3v) is 5.96. The van der Waals surface area contributed by atoms with E-state index in [9.17, 15) is 14.4 Å². The number of rotatable bonds is 6. The lowest BCUT2D eigenvalue weighted by Gasteiger charge is -2.26. The maximum atomic E-state index is 12.5. The molecule has 2 aliphatic heterocycles. The van der Waals surface area contributed by atoms with Crippen molar-refractivity contribution < 1.29 is 14.4 Å². The molecule has 1 aromatic heterocycles. The summed E-state index contributed by atoms with van der Waals surface area (Å²) in [5.41, 5.74) is 4.06. The maximum absolute atomic E-state index is 12.5. The van der Waals surface area contributed by atoms with Crippen LogP contribution in [0.3, 0.4) is 0 Å². The highest BCUT2D eigenvalue weighted by Gasteiger charge is 2.35. The summed E-state index contributed by atoms with van der Waals surface area (Å²) in [6.45, 7) is 2.51. The van der Waals surface area contributed by atoms with E-state index in [-0.39, 0.29) is 30.7 Å². The van der Waals surface area contributed by atoms with Gasteiger partial charge in [0.15, 0.2) is 5.82 Å². The van der Waals surface area contributed by atoms with Crippen molar-refractivity contribution in [3.8, 4) is 0 Å². The van der Waals surface area contributed by atoms with Gasteiger partial charge in [0, 0.05) is 38.2 Å². The number of aromatic amines is 1. The van der Waals surface area contributed by atoms with Crippen molar-refractivity contribution in [2.24, 2.45) is 0 Å². The van der Waals surface area contributed by atoms with Crippen LogP contribution >= 0.6 is 0 Å². The molecular formula is C24H23N5O3. The highest BCUT2D eigenvalue weighted by molar-refractivity contribution is 6.21. The number of hydrogen-bond acceptors (Lipinski definition) is 5. The SMILES string of the molecule is O=C(CCN1C(=O)c2ccccc2C1=O)Nc1n[nH]c2c1CCN(Cc1ccccc1)C2. The van der Waals surface area contributed by atoms with E-state index in [1.54, 1.807) is 24.3 Å². The Hall–Kier alpha value is -3.78. The van der Waals surface area contributed by atoms with Gasteiger partial charge in [-0.25, -0.2) is 0 Å². The van der Waals surface area contributed by atoms with Crippen molar-refractivity contribution in [2.75, 3.05) is 18.4 Å². The van der Waals surface area contributed by atoms with Crippen LogP contribution in [0.25, 0.3) is 0 Å². The van der Waals surface area contributed by atoms with Gasteiger partial charge < -0.3 is 5.32 Å². The second kappa shape index (κ2) is 8.39. The first kappa shape index (κ1) is 20.1. The second-order valence-electron chi connectivity index (χ2n) is 8.08. The Kier molecular flexibility index (Phi) is 5.28. The topological polar surface area (TPSA) is 98.4 Å². The van der Waals surface area contributed by atoms with Crippen LogP contribution in [-0.4, -0.2) is 50.8 Å². The summed E-state index contributed by atoms with van der Waals surface area (Å²) < 4.78 is 0. The summed E-state index contributed by atoms with van der Waals surface area (Å²) in [6.07, 6.45) is 0.805. The molecule has 0 unspecified atom stereocenters. The molecule has 2 aliphatic rings. The van der Waals surface area contributed by atoms with E-state index in [1.807, 2.05) is 18.2 Å². The molecule has 0 fully saturated rings. The number of amides is 3. The van der Waals surface area contributed by atoms with Crippen LogP contribution < -0.4 is 5.32 Å². The van der Waals surface area contributed by atoms with Crippen LogP contribution in [0.2, 0.25) is 0 Å². The van der Waals surface area contributed by atoms with Gasteiger partial charge in [0.25, 0.3) is 11.8 Å². The molecule has 3 amide bonds. The molecule has 0 aliphatic carbocycles. The van der Waals surface area contributed by atoms with Crippen LogP contribution in [0.15, 0.2) is 54.6 Å². The predicted octanol–water partition coefficient (Wildman–Crippen LogP) is 2.59. The van der Waals surface area contributed by atoms with Gasteiger partial charge >= 0.3 is 0 Å². The highest BCUT2D eigenvalue weighted by atomic mass is 16.2. The van der Waals surface area contributed by atoms with Gasteiger partial charge in [0.05, 0.1) is 16.8 Å². The zero-order valence-electron chi connectivity index (χ0n) is 17.5. The number of aromatic nitrogens is 2. The van der Waals surface area contributed by atoms with Crippen molar-refractivity contribution in [1.29, 1.82) is 0 Å². The molecule has 32 heavy (non-hydrogen) atoms. The van der Waals surface area contributed by atoms with Gasteiger partial charge in [-0.2, -0.15) is 5.10 Å². The Bertz CT molecular complexity index is 1150. The standard InChI is InChI=1S/C24H23N5O3/c30-21(11-13-29-23(31)17-8-4-5-9-18(17)24(29)32)25-22-19-10-12-28(15-20(19)26-27-22)14-16-6-2-1-3-7-16/h1-9H,10-15H2,(H2,25,26,27,30). The summed E-state index contributed by atoms with van der Waals surface area (Å²) >= 11 is 0. The second-order valence-corrected chi connectivity index (χ2v) is 8.08. The molecular weight excluding hydrogens is 406 g/mol. The normalized spacial score (nSPS) is 15.6. The molecule has 2 N–H and O–H groups in total. The van der Waals surface area contributed by atoms with Crippen molar-refractivity contribution >= 4 is 23.5 Å². The van der Waals surface area contributed by atoms with Crippen LogP contribution in [0.4, 0.5) is 5.82 Å². The summed E-state index contributed by atoms with van der Waals surface area (Å²) in [5, 5.41) is 10.2. The average Bonchev–Trinajstić information content (AvgIpc) is 3.31. The molecule has 8 nitrogen and oxygen atoms in total. The number of nitrogens with one attached hydrogen (secondary N) is 2. The van der Waals surface area contributed by atoms with E-state index in [4.69, 9.17) is 0 Å². The van der Waals surface area contributed by atoms with Crippen molar-refractivity contribution in [3.05, 3.63) is 82.5 Å². The quantitative estimate of drug-likeness (QED) is 0.587. The number of carbonyl (C=O) groups is 3. The Balaban J connectivity index is 1.17. The number of nitrogens with zero attached hydrogens (tertiary/aromatic N) is 3. The molecule has 5 rings (SSSR count). The van der Waals surface area contributed by atoms with Crippen molar-refractivity contribution in [3.63, 3.8) is 0 Å². The van der Waals surface area contributed by atoms with Gasteiger partial charge in [0.1, 0.15) is 0 Å². The van der Waals surface area contributed by atoms with E-state index < -0.39 is 0 Å². The number of H-pyrrole nitrogens is 1. The first-order valence-electron chi connectivity index (χ1n) is 10.7. The number of fused-ring (bicyclic) bond motifs is 2. The van der Waals surface area contributed by atoms with E-state index in [0.29, 0.717) is 16.9 Å². The van der Waals surface area contributed by atoms with E-state index in [0.717, 1.165) is 42.2 Å². The first-order chi connectivity index (χ1) is 15.6. The van der Waals surface area contributed by atoms with Crippen LogP contribution in [0.5, 0.6) is 0 Å². The Morgan fingerprint density at radius 2 is 1.69 bits per heavy atom. The van der Waals surface area contributed by atoms with E-state index in [2.05, 4.69) is 32.5 Å². The average molecular weight is 429 g/mol.